The molecular formula is C19H23N3O2S. The number of benzene rings is 2. The molecule has 0 heterocycles. The molecule has 2 aromatic carbocycles. The van der Waals surface area contributed by atoms with E-state index in [0.717, 1.165) is 21.8 Å². The zero-order valence-corrected chi connectivity index (χ0v) is 15.5. The van der Waals surface area contributed by atoms with Crippen molar-refractivity contribution >= 4 is 35.0 Å². The molecule has 132 valence electrons. The second-order valence-corrected chi connectivity index (χ2v) is 6.68. The molecule has 0 aliphatic heterocycles. The number of thioether (sulfide) groups is 1. The molecule has 0 saturated carbocycles. The number of nitrogens with one attached hydrogen (secondary N) is 2. The number of aryl methyl sites for hydroxylation is 1. The second-order valence-electron chi connectivity index (χ2n) is 5.83. The Balaban J connectivity index is 1.82. The van der Waals surface area contributed by atoms with E-state index in [1.807, 2.05) is 61.7 Å². The molecule has 0 atom stereocenters. The fraction of sp³-hybridized carbons (Fsp3) is 0.263. The van der Waals surface area contributed by atoms with Crippen LogP contribution in [0.3, 0.4) is 0 Å². The number of rotatable bonds is 7. The summed E-state index contributed by atoms with van der Waals surface area (Å²) >= 11 is 1.58. The lowest BCUT2D eigenvalue weighted by Gasteiger charge is -2.17. The van der Waals surface area contributed by atoms with Gasteiger partial charge >= 0.3 is 0 Å². The van der Waals surface area contributed by atoms with Crippen LogP contribution in [0, 0.1) is 6.92 Å². The van der Waals surface area contributed by atoms with Crippen molar-refractivity contribution in [1.82, 2.24) is 4.90 Å². The maximum Gasteiger partial charge on any atom is 0.238 e. The van der Waals surface area contributed by atoms with Gasteiger partial charge in [-0.1, -0.05) is 29.8 Å². The van der Waals surface area contributed by atoms with Crippen molar-refractivity contribution < 1.29 is 9.59 Å². The Labute approximate surface area is 152 Å². The average Bonchev–Trinajstić information content (AvgIpc) is 2.57. The first-order valence-electron chi connectivity index (χ1n) is 7.96. The number of hydrogen-bond donors (Lipinski definition) is 2. The van der Waals surface area contributed by atoms with Gasteiger partial charge in [0.15, 0.2) is 0 Å². The van der Waals surface area contributed by atoms with Crippen molar-refractivity contribution in [3.63, 3.8) is 0 Å². The minimum absolute atomic E-state index is 0.143. The van der Waals surface area contributed by atoms with E-state index in [2.05, 4.69) is 10.6 Å². The summed E-state index contributed by atoms with van der Waals surface area (Å²) in [6.07, 6.45) is 1.96. The van der Waals surface area contributed by atoms with Gasteiger partial charge in [-0.05, 0) is 44.5 Å². The smallest absolute Gasteiger partial charge is 0.238 e. The molecule has 0 aliphatic rings. The number of hydrogen-bond acceptors (Lipinski definition) is 4. The van der Waals surface area contributed by atoms with Crippen LogP contribution in [0.25, 0.3) is 0 Å². The first-order chi connectivity index (χ1) is 12.0. The van der Waals surface area contributed by atoms with Gasteiger partial charge in [0.25, 0.3) is 0 Å². The number of amides is 2. The Morgan fingerprint density at radius 3 is 2.20 bits per heavy atom. The highest BCUT2D eigenvalue weighted by Gasteiger charge is 2.12. The minimum atomic E-state index is -0.149. The molecule has 0 saturated heterocycles. The summed E-state index contributed by atoms with van der Waals surface area (Å²) in [5.41, 5.74) is 2.68. The van der Waals surface area contributed by atoms with Crippen LogP contribution in [0.2, 0.25) is 0 Å². The molecule has 2 N–H and O–H groups in total. The largest absolute Gasteiger partial charge is 0.325 e. The average molecular weight is 357 g/mol. The van der Waals surface area contributed by atoms with Gasteiger partial charge in [0.05, 0.1) is 18.8 Å². The Hall–Kier alpha value is -2.31. The van der Waals surface area contributed by atoms with Crippen LogP contribution in [-0.2, 0) is 9.59 Å². The van der Waals surface area contributed by atoms with Gasteiger partial charge in [0.2, 0.25) is 11.8 Å². The summed E-state index contributed by atoms with van der Waals surface area (Å²) < 4.78 is 0. The number of anilines is 2. The fourth-order valence-electron chi connectivity index (χ4n) is 2.32. The predicted octanol–water partition coefficient (Wildman–Crippen LogP) is 3.23. The number of para-hydroxylation sites is 1. The van der Waals surface area contributed by atoms with Crippen molar-refractivity contribution in [3.8, 4) is 0 Å². The molecule has 0 aromatic heterocycles. The second kappa shape index (κ2) is 9.25. The molecule has 2 aromatic rings. The highest BCUT2D eigenvalue weighted by molar-refractivity contribution is 7.98. The van der Waals surface area contributed by atoms with E-state index in [1.165, 1.54) is 0 Å². The zero-order chi connectivity index (χ0) is 18.2. The van der Waals surface area contributed by atoms with Crippen LogP contribution in [0.5, 0.6) is 0 Å². The van der Waals surface area contributed by atoms with Crippen LogP contribution >= 0.6 is 11.8 Å². The molecule has 0 radical (unpaired) electrons. The maximum absolute atomic E-state index is 12.2. The molecule has 2 amide bonds. The Kier molecular flexibility index (Phi) is 7.03. The normalized spacial score (nSPS) is 10.6. The third-order valence-electron chi connectivity index (χ3n) is 3.54. The van der Waals surface area contributed by atoms with Crippen molar-refractivity contribution in [2.75, 3.05) is 37.0 Å². The zero-order valence-electron chi connectivity index (χ0n) is 14.7. The van der Waals surface area contributed by atoms with Crippen LogP contribution in [0.15, 0.2) is 53.4 Å². The number of carbonyl (C=O) groups excluding carboxylic acids is 2. The van der Waals surface area contributed by atoms with E-state index >= 15 is 0 Å². The molecule has 0 bridgehead atoms. The van der Waals surface area contributed by atoms with Crippen molar-refractivity contribution in [3.05, 3.63) is 54.1 Å². The van der Waals surface area contributed by atoms with Gasteiger partial charge in [0, 0.05) is 10.6 Å². The van der Waals surface area contributed by atoms with Gasteiger partial charge in [-0.3, -0.25) is 14.5 Å². The van der Waals surface area contributed by atoms with E-state index in [4.69, 9.17) is 0 Å². The summed E-state index contributed by atoms with van der Waals surface area (Å²) in [6.45, 7) is 2.28. The third-order valence-corrected chi connectivity index (χ3v) is 4.34. The summed E-state index contributed by atoms with van der Waals surface area (Å²) in [5.74, 6) is -0.296. The Morgan fingerprint density at radius 1 is 0.960 bits per heavy atom. The van der Waals surface area contributed by atoms with Crippen LogP contribution in [0.1, 0.15) is 5.56 Å². The van der Waals surface area contributed by atoms with Gasteiger partial charge < -0.3 is 10.6 Å². The van der Waals surface area contributed by atoms with Crippen molar-refractivity contribution in [1.29, 1.82) is 0 Å². The summed E-state index contributed by atoms with van der Waals surface area (Å²) in [4.78, 5) is 26.9. The molecule has 0 fully saturated rings. The molecule has 6 heteroatoms. The van der Waals surface area contributed by atoms with E-state index in [9.17, 15) is 9.59 Å². The molecule has 25 heavy (non-hydrogen) atoms. The van der Waals surface area contributed by atoms with E-state index in [-0.39, 0.29) is 24.9 Å². The number of carbonyl (C=O) groups is 2. The number of nitrogens with zero attached hydrogens (tertiary/aromatic N) is 1. The molecule has 0 unspecified atom stereocenters. The lowest BCUT2D eigenvalue weighted by molar-refractivity contribution is -0.119. The van der Waals surface area contributed by atoms with E-state index in [1.54, 1.807) is 23.7 Å². The molecular weight excluding hydrogens is 334 g/mol. The first-order valence-corrected chi connectivity index (χ1v) is 9.18. The van der Waals surface area contributed by atoms with E-state index < -0.39 is 0 Å². The monoisotopic (exact) mass is 357 g/mol. The highest BCUT2D eigenvalue weighted by Crippen LogP contribution is 2.24. The molecule has 0 spiro atoms. The third kappa shape index (κ3) is 6.25. The Bertz CT molecular complexity index is 732. The van der Waals surface area contributed by atoms with Crippen LogP contribution < -0.4 is 10.6 Å². The Morgan fingerprint density at radius 2 is 1.56 bits per heavy atom. The van der Waals surface area contributed by atoms with Crippen molar-refractivity contribution in [2.45, 2.75) is 11.8 Å². The van der Waals surface area contributed by atoms with Gasteiger partial charge in [0.1, 0.15) is 0 Å². The standard InChI is InChI=1S/C19H23N3O2S/c1-14-8-10-15(11-9-14)20-18(23)12-22(2)13-19(24)21-16-6-4-5-7-17(16)25-3/h4-11H,12-13H2,1-3H3,(H,20,23)(H,21,24). The summed E-state index contributed by atoms with van der Waals surface area (Å²) in [5, 5.41) is 5.71. The van der Waals surface area contributed by atoms with Gasteiger partial charge in [-0.15, -0.1) is 11.8 Å². The molecule has 5 nitrogen and oxygen atoms in total. The maximum atomic E-state index is 12.2. The minimum Gasteiger partial charge on any atom is -0.325 e. The lowest BCUT2D eigenvalue weighted by Crippen LogP contribution is -2.36. The first kappa shape index (κ1) is 19.0. The quantitative estimate of drug-likeness (QED) is 0.747. The van der Waals surface area contributed by atoms with Crippen LogP contribution in [0.4, 0.5) is 11.4 Å². The van der Waals surface area contributed by atoms with Gasteiger partial charge in [-0.2, -0.15) is 0 Å². The molecule has 2 rings (SSSR count). The number of likely N-dealkylation sites (N-methyl/N-ethyl adjacent to an activating group) is 1. The lowest BCUT2D eigenvalue weighted by atomic mass is 10.2. The van der Waals surface area contributed by atoms with Crippen LogP contribution in [-0.4, -0.2) is 43.1 Å². The summed E-state index contributed by atoms with van der Waals surface area (Å²) in [7, 11) is 1.74. The molecule has 0 aliphatic carbocycles. The van der Waals surface area contributed by atoms with E-state index in [0.29, 0.717) is 0 Å². The summed E-state index contributed by atoms with van der Waals surface area (Å²) in [6, 6.07) is 15.2. The van der Waals surface area contributed by atoms with Gasteiger partial charge in [-0.25, -0.2) is 0 Å². The highest BCUT2D eigenvalue weighted by atomic mass is 32.2. The topological polar surface area (TPSA) is 61.4 Å². The fourth-order valence-corrected chi connectivity index (χ4v) is 2.87. The van der Waals surface area contributed by atoms with Crippen molar-refractivity contribution in [2.24, 2.45) is 0 Å². The predicted molar refractivity (Wildman–Crippen MR) is 104 cm³/mol. The SMILES string of the molecule is CSc1ccccc1NC(=O)CN(C)CC(=O)Nc1ccc(C)cc1.